The highest BCUT2D eigenvalue weighted by Gasteiger charge is 2.19. The standard InChI is InChI=1S/C53H102O6/c1-6-8-9-10-11-21-30-35-40-45-53(56)59-50(47-58-52(55)44-39-34-29-25-20-16-17-22-26-31-36-41-48(3)4)46-57-51(54)43-38-33-28-24-19-15-13-12-14-18-23-27-32-37-42-49(5)7-2/h48-50H,6-47H2,1-5H3/t49?,50-/m0/s1. The Labute approximate surface area is 368 Å². The van der Waals surface area contributed by atoms with Crippen LogP contribution in [0.4, 0.5) is 0 Å². The molecule has 0 amide bonds. The van der Waals surface area contributed by atoms with Crippen LogP contribution in [0.1, 0.15) is 291 Å². The molecule has 0 aromatic heterocycles. The van der Waals surface area contributed by atoms with Gasteiger partial charge in [-0.15, -0.1) is 0 Å². The maximum atomic E-state index is 12.7. The van der Waals surface area contributed by atoms with Gasteiger partial charge in [-0.1, -0.05) is 253 Å². The summed E-state index contributed by atoms with van der Waals surface area (Å²) in [7, 11) is 0. The van der Waals surface area contributed by atoms with Crippen molar-refractivity contribution in [3.63, 3.8) is 0 Å². The van der Waals surface area contributed by atoms with E-state index in [1.807, 2.05) is 0 Å². The van der Waals surface area contributed by atoms with Crippen LogP contribution >= 0.6 is 0 Å². The van der Waals surface area contributed by atoms with Crippen LogP contribution in [0, 0.1) is 11.8 Å². The van der Waals surface area contributed by atoms with Gasteiger partial charge in [-0.3, -0.25) is 14.4 Å². The van der Waals surface area contributed by atoms with Crippen molar-refractivity contribution in [1.82, 2.24) is 0 Å². The minimum absolute atomic E-state index is 0.0637. The third-order valence-corrected chi connectivity index (χ3v) is 12.3. The number of esters is 3. The summed E-state index contributed by atoms with van der Waals surface area (Å²) in [4.78, 5) is 37.9. The third kappa shape index (κ3) is 45.8. The topological polar surface area (TPSA) is 78.9 Å². The Morgan fingerprint density at radius 1 is 0.356 bits per heavy atom. The highest BCUT2D eigenvalue weighted by atomic mass is 16.6. The summed E-state index contributed by atoms with van der Waals surface area (Å²) >= 11 is 0. The van der Waals surface area contributed by atoms with E-state index in [-0.39, 0.29) is 31.1 Å². The molecule has 0 radical (unpaired) electrons. The molecule has 0 bridgehead atoms. The van der Waals surface area contributed by atoms with Crippen LogP contribution in [0.25, 0.3) is 0 Å². The van der Waals surface area contributed by atoms with Crippen LogP contribution in [0.2, 0.25) is 0 Å². The largest absolute Gasteiger partial charge is 0.462 e. The van der Waals surface area contributed by atoms with E-state index in [1.165, 1.54) is 180 Å². The van der Waals surface area contributed by atoms with Gasteiger partial charge < -0.3 is 14.2 Å². The number of carbonyl (C=O) groups excluding carboxylic acids is 3. The molecule has 2 atom stereocenters. The molecule has 0 spiro atoms. The molecule has 0 heterocycles. The van der Waals surface area contributed by atoms with Gasteiger partial charge in [0, 0.05) is 19.3 Å². The Hall–Kier alpha value is -1.59. The lowest BCUT2D eigenvalue weighted by Crippen LogP contribution is -2.30. The minimum atomic E-state index is -0.761. The van der Waals surface area contributed by atoms with Crippen molar-refractivity contribution in [2.24, 2.45) is 11.8 Å². The van der Waals surface area contributed by atoms with Gasteiger partial charge in [-0.2, -0.15) is 0 Å². The first-order valence-corrected chi connectivity index (χ1v) is 26.3. The Balaban J connectivity index is 4.22. The number of rotatable bonds is 47. The minimum Gasteiger partial charge on any atom is -0.462 e. The maximum absolute atomic E-state index is 12.7. The van der Waals surface area contributed by atoms with Crippen LogP contribution in [0.3, 0.4) is 0 Å². The molecule has 0 saturated heterocycles. The van der Waals surface area contributed by atoms with Crippen molar-refractivity contribution in [3.8, 4) is 0 Å². The van der Waals surface area contributed by atoms with Crippen molar-refractivity contribution >= 4 is 17.9 Å². The Kier molecular flexibility index (Phi) is 44.7. The van der Waals surface area contributed by atoms with E-state index < -0.39 is 6.10 Å². The molecule has 0 rings (SSSR count). The van der Waals surface area contributed by atoms with Gasteiger partial charge in [0.15, 0.2) is 6.10 Å². The second kappa shape index (κ2) is 45.9. The lowest BCUT2D eigenvalue weighted by atomic mass is 9.99. The molecular weight excluding hydrogens is 733 g/mol. The molecular formula is C53H102O6. The summed E-state index contributed by atoms with van der Waals surface area (Å²) in [5, 5.41) is 0. The van der Waals surface area contributed by atoms with Crippen LogP contribution < -0.4 is 0 Å². The van der Waals surface area contributed by atoms with Gasteiger partial charge in [0.2, 0.25) is 0 Å². The number of unbranched alkanes of at least 4 members (excludes halogenated alkanes) is 31. The third-order valence-electron chi connectivity index (χ3n) is 12.3. The fourth-order valence-corrected chi connectivity index (χ4v) is 7.96. The van der Waals surface area contributed by atoms with Gasteiger partial charge in [0.1, 0.15) is 13.2 Å². The average Bonchev–Trinajstić information content (AvgIpc) is 3.22. The number of hydrogen-bond donors (Lipinski definition) is 0. The Morgan fingerprint density at radius 3 is 0.966 bits per heavy atom. The summed E-state index contributed by atoms with van der Waals surface area (Å²) in [6.45, 7) is 11.4. The predicted octanol–water partition coefficient (Wildman–Crippen LogP) is 16.9. The number of ether oxygens (including phenoxy) is 3. The van der Waals surface area contributed by atoms with E-state index in [9.17, 15) is 14.4 Å². The molecule has 0 aliphatic carbocycles. The molecule has 0 saturated carbocycles. The quantitative estimate of drug-likeness (QED) is 0.0345. The molecule has 0 aromatic carbocycles. The van der Waals surface area contributed by atoms with Crippen molar-refractivity contribution in [2.45, 2.75) is 298 Å². The van der Waals surface area contributed by atoms with Crippen LogP contribution in [-0.2, 0) is 28.6 Å². The molecule has 1 unspecified atom stereocenters. The van der Waals surface area contributed by atoms with Gasteiger partial charge in [0.05, 0.1) is 0 Å². The summed E-state index contributed by atoms with van der Waals surface area (Å²) in [6.07, 6.45) is 46.6. The van der Waals surface area contributed by atoms with E-state index >= 15 is 0 Å². The van der Waals surface area contributed by atoms with E-state index in [1.54, 1.807) is 0 Å². The zero-order chi connectivity index (χ0) is 43.3. The van der Waals surface area contributed by atoms with Gasteiger partial charge in [-0.05, 0) is 31.1 Å². The summed E-state index contributed by atoms with van der Waals surface area (Å²) in [6, 6.07) is 0. The molecule has 0 aliphatic rings. The number of hydrogen-bond acceptors (Lipinski definition) is 6. The molecule has 0 aliphatic heterocycles. The average molecular weight is 835 g/mol. The van der Waals surface area contributed by atoms with Crippen LogP contribution in [-0.4, -0.2) is 37.2 Å². The van der Waals surface area contributed by atoms with E-state index in [4.69, 9.17) is 14.2 Å². The second-order valence-corrected chi connectivity index (χ2v) is 18.9. The highest BCUT2D eigenvalue weighted by Crippen LogP contribution is 2.18. The normalized spacial score (nSPS) is 12.5. The SMILES string of the molecule is CCCCCCCCCCCC(=O)O[C@@H](COC(=O)CCCCCCCCCCCCCCCCC(C)CC)COC(=O)CCCCCCCCCCCCCC(C)C. The van der Waals surface area contributed by atoms with Crippen LogP contribution in [0.15, 0.2) is 0 Å². The Bertz CT molecular complexity index is 902. The Morgan fingerprint density at radius 2 is 0.644 bits per heavy atom. The molecule has 0 N–H and O–H groups in total. The van der Waals surface area contributed by atoms with Crippen molar-refractivity contribution in [1.29, 1.82) is 0 Å². The van der Waals surface area contributed by atoms with E-state index in [2.05, 4.69) is 34.6 Å². The zero-order valence-electron chi connectivity index (χ0n) is 40.4. The van der Waals surface area contributed by atoms with Gasteiger partial charge in [0.25, 0.3) is 0 Å². The second-order valence-electron chi connectivity index (χ2n) is 18.9. The smallest absolute Gasteiger partial charge is 0.306 e. The van der Waals surface area contributed by atoms with E-state index in [0.717, 1.165) is 69.6 Å². The van der Waals surface area contributed by atoms with Gasteiger partial charge >= 0.3 is 17.9 Å². The molecule has 6 heteroatoms. The first-order chi connectivity index (χ1) is 28.8. The van der Waals surface area contributed by atoms with Crippen molar-refractivity contribution < 1.29 is 28.6 Å². The maximum Gasteiger partial charge on any atom is 0.306 e. The number of carbonyl (C=O) groups is 3. The van der Waals surface area contributed by atoms with Crippen molar-refractivity contribution in [2.75, 3.05) is 13.2 Å². The predicted molar refractivity (Wildman–Crippen MR) is 252 cm³/mol. The lowest BCUT2D eigenvalue weighted by molar-refractivity contribution is -0.167. The van der Waals surface area contributed by atoms with Crippen molar-refractivity contribution in [3.05, 3.63) is 0 Å². The first kappa shape index (κ1) is 57.4. The summed E-state index contributed by atoms with van der Waals surface area (Å²) in [5.74, 6) is 0.873. The highest BCUT2D eigenvalue weighted by molar-refractivity contribution is 5.71. The molecule has 59 heavy (non-hydrogen) atoms. The van der Waals surface area contributed by atoms with Gasteiger partial charge in [-0.25, -0.2) is 0 Å². The molecule has 6 nitrogen and oxygen atoms in total. The molecule has 0 aromatic rings. The molecule has 0 fully saturated rings. The summed E-state index contributed by atoms with van der Waals surface area (Å²) < 4.78 is 16.8. The monoisotopic (exact) mass is 835 g/mol. The van der Waals surface area contributed by atoms with E-state index in [0.29, 0.717) is 19.3 Å². The fourth-order valence-electron chi connectivity index (χ4n) is 7.96. The molecule has 350 valence electrons. The van der Waals surface area contributed by atoms with Crippen LogP contribution in [0.5, 0.6) is 0 Å². The lowest BCUT2D eigenvalue weighted by Gasteiger charge is -2.18. The first-order valence-electron chi connectivity index (χ1n) is 26.3. The summed E-state index contributed by atoms with van der Waals surface area (Å²) in [5.41, 5.74) is 0. The zero-order valence-corrected chi connectivity index (χ0v) is 40.4. The fraction of sp³-hybridized carbons (Fsp3) is 0.943.